The standard InChI is InChI=1S/C24H18F5N3O3/c25-15-7-2-6-14(19(15)26)18(12-4-1-5-13(10-12)24(27,28)29)20-16-8-3-9-31(16)23(35)21-22(34)17(33)11-30-32(20)21/h1-2,4-7,10-11,16,18,20,34H,3,8-9H2/t16-,18?,20-/m1/s1. The maximum Gasteiger partial charge on any atom is 0.416 e. The number of nitrogens with zero attached hydrogens (tertiary/aromatic N) is 3. The van der Waals surface area contributed by atoms with Crippen LogP contribution in [0.3, 0.4) is 0 Å². The molecule has 2 aromatic carbocycles. The lowest BCUT2D eigenvalue weighted by Gasteiger charge is -2.42. The highest BCUT2D eigenvalue weighted by Gasteiger charge is 2.49. The van der Waals surface area contributed by atoms with E-state index in [-0.39, 0.29) is 17.7 Å². The summed E-state index contributed by atoms with van der Waals surface area (Å²) in [4.78, 5) is 26.6. The van der Waals surface area contributed by atoms with E-state index >= 15 is 4.39 Å². The second kappa shape index (κ2) is 8.17. The van der Waals surface area contributed by atoms with Crippen LogP contribution >= 0.6 is 0 Å². The zero-order valence-corrected chi connectivity index (χ0v) is 18.0. The topological polar surface area (TPSA) is 75.4 Å². The lowest BCUT2D eigenvalue weighted by Crippen LogP contribution is -2.51. The van der Waals surface area contributed by atoms with Gasteiger partial charge in [0.15, 0.2) is 23.1 Å². The minimum Gasteiger partial charge on any atom is -0.502 e. The molecule has 11 heteroatoms. The normalized spacial score (nSPS) is 20.5. The molecule has 5 rings (SSSR count). The van der Waals surface area contributed by atoms with Gasteiger partial charge in [-0.2, -0.15) is 18.3 Å². The number of amides is 1. The number of hydrogen-bond donors (Lipinski definition) is 1. The molecule has 2 aliphatic heterocycles. The Kier molecular flexibility index (Phi) is 5.37. The van der Waals surface area contributed by atoms with Gasteiger partial charge in [0.2, 0.25) is 5.43 Å². The lowest BCUT2D eigenvalue weighted by molar-refractivity contribution is -0.137. The van der Waals surface area contributed by atoms with Crippen LogP contribution in [-0.4, -0.2) is 38.3 Å². The van der Waals surface area contributed by atoms with Crippen molar-refractivity contribution in [1.82, 2.24) is 14.7 Å². The minimum absolute atomic E-state index is 0.0152. The number of benzene rings is 2. The molecular weight excluding hydrogens is 473 g/mol. The molecule has 1 unspecified atom stereocenters. The van der Waals surface area contributed by atoms with Crippen LogP contribution < -0.4 is 5.43 Å². The second-order valence-corrected chi connectivity index (χ2v) is 8.59. The zero-order chi connectivity index (χ0) is 25.1. The predicted molar refractivity (Wildman–Crippen MR) is 113 cm³/mol. The second-order valence-electron chi connectivity index (χ2n) is 8.59. The van der Waals surface area contributed by atoms with Crippen LogP contribution in [0.5, 0.6) is 5.75 Å². The molecule has 1 aromatic heterocycles. The van der Waals surface area contributed by atoms with Crippen LogP contribution in [0.25, 0.3) is 0 Å². The van der Waals surface area contributed by atoms with Crippen molar-refractivity contribution in [3.05, 3.63) is 92.9 Å². The van der Waals surface area contributed by atoms with Crippen LogP contribution in [0.2, 0.25) is 0 Å². The van der Waals surface area contributed by atoms with E-state index in [0.717, 1.165) is 29.1 Å². The van der Waals surface area contributed by atoms with Gasteiger partial charge in [-0.3, -0.25) is 14.3 Å². The fourth-order valence-corrected chi connectivity index (χ4v) is 5.18. The molecule has 1 fully saturated rings. The first-order chi connectivity index (χ1) is 16.6. The first-order valence-corrected chi connectivity index (χ1v) is 10.8. The van der Waals surface area contributed by atoms with Gasteiger partial charge < -0.3 is 10.0 Å². The zero-order valence-electron chi connectivity index (χ0n) is 18.0. The van der Waals surface area contributed by atoms with E-state index in [9.17, 15) is 32.3 Å². The van der Waals surface area contributed by atoms with Crippen LogP contribution in [-0.2, 0) is 6.18 Å². The van der Waals surface area contributed by atoms with Crippen molar-refractivity contribution in [3.8, 4) is 5.75 Å². The van der Waals surface area contributed by atoms with Gasteiger partial charge in [-0.05, 0) is 30.5 Å². The van der Waals surface area contributed by atoms with Crippen molar-refractivity contribution in [3.63, 3.8) is 0 Å². The molecule has 0 spiro atoms. The molecule has 0 bridgehead atoms. The summed E-state index contributed by atoms with van der Waals surface area (Å²) in [5, 5.41) is 14.4. The highest BCUT2D eigenvalue weighted by molar-refractivity contribution is 5.96. The molecule has 1 saturated heterocycles. The minimum atomic E-state index is -4.69. The molecule has 0 saturated carbocycles. The number of aromatic nitrogens is 2. The molecule has 6 nitrogen and oxygen atoms in total. The highest BCUT2D eigenvalue weighted by atomic mass is 19.4. The fraction of sp³-hybridized carbons (Fsp3) is 0.292. The van der Waals surface area contributed by atoms with Gasteiger partial charge in [-0.15, -0.1) is 0 Å². The third-order valence-corrected chi connectivity index (χ3v) is 6.66. The van der Waals surface area contributed by atoms with Crippen molar-refractivity contribution in [1.29, 1.82) is 0 Å². The summed E-state index contributed by atoms with van der Waals surface area (Å²) in [6.07, 6.45) is -2.96. The number of carbonyl (C=O) groups is 1. The molecule has 2 aliphatic rings. The Morgan fingerprint density at radius 2 is 1.83 bits per heavy atom. The van der Waals surface area contributed by atoms with Crippen molar-refractivity contribution in [2.45, 2.75) is 37.0 Å². The Balaban J connectivity index is 1.82. The first kappa shape index (κ1) is 23.0. The number of carbonyl (C=O) groups excluding carboxylic acids is 1. The Labute approximate surface area is 195 Å². The van der Waals surface area contributed by atoms with Gasteiger partial charge in [0.05, 0.1) is 23.8 Å². The third-order valence-electron chi connectivity index (χ3n) is 6.66. The monoisotopic (exact) mass is 491 g/mol. The number of alkyl halides is 3. The van der Waals surface area contributed by atoms with E-state index in [2.05, 4.69) is 5.10 Å². The summed E-state index contributed by atoms with van der Waals surface area (Å²) in [7, 11) is 0. The molecule has 0 aliphatic carbocycles. The number of hydrogen-bond acceptors (Lipinski definition) is 4. The van der Waals surface area contributed by atoms with Crippen LogP contribution in [0, 0.1) is 11.6 Å². The van der Waals surface area contributed by atoms with Gasteiger partial charge in [0, 0.05) is 18.0 Å². The highest BCUT2D eigenvalue weighted by Crippen LogP contribution is 2.47. The summed E-state index contributed by atoms with van der Waals surface area (Å²) < 4.78 is 71.2. The van der Waals surface area contributed by atoms with Gasteiger partial charge in [0.1, 0.15) is 0 Å². The van der Waals surface area contributed by atoms with E-state index in [4.69, 9.17) is 0 Å². The van der Waals surface area contributed by atoms with Gasteiger partial charge in [0.25, 0.3) is 5.91 Å². The maximum absolute atomic E-state index is 15.2. The Morgan fingerprint density at radius 3 is 2.57 bits per heavy atom. The fourth-order valence-electron chi connectivity index (χ4n) is 5.18. The lowest BCUT2D eigenvalue weighted by atomic mass is 9.79. The molecule has 3 atom stereocenters. The van der Waals surface area contributed by atoms with E-state index in [1.807, 2.05) is 0 Å². The number of halogens is 5. The number of fused-ring (bicyclic) bond motifs is 2. The Morgan fingerprint density at radius 1 is 1.09 bits per heavy atom. The predicted octanol–water partition coefficient (Wildman–Crippen LogP) is 4.24. The van der Waals surface area contributed by atoms with Crippen molar-refractivity contribution < 1.29 is 31.9 Å². The third kappa shape index (κ3) is 3.65. The molecule has 3 heterocycles. The van der Waals surface area contributed by atoms with Crippen molar-refractivity contribution in [2.75, 3.05) is 6.54 Å². The molecule has 1 amide bonds. The van der Waals surface area contributed by atoms with Crippen LogP contribution in [0.1, 0.15) is 52.0 Å². The average molecular weight is 491 g/mol. The first-order valence-electron chi connectivity index (χ1n) is 10.8. The SMILES string of the molecule is O=C1c2c(O)c(=O)cnn2[C@@H](C(c2cccc(C(F)(F)F)c2)c2cccc(F)c2F)[C@H]2CCCN12. The van der Waals surface area contributed by atoms with Crippen LogP contribution in [0.15, 0.2) is 53.5 Å². The number of aromatic hydroxyl groups is 1. The smallest absolute Gasteiger partial charge is 0.416 e. The molecular formula is C24H18F5N3O3. The number of rotatable bonds is 3. The molecule has 3 aromatic rings. The van der Waals surface area contributed by atoms with Gasteiger partial charge >= 0.3 is 6.18 Å². The molecule has 35 heavy (non-hydrogen) atoms. The maximum atomic E-state index is 15.2. The van der Waals surface area contributed by atoms with E-state index in [0.29, 0.717) is 12.8 Å². The molecule has 1 N–H and O–H groups in total. The summed E-state index contributed by atoms with van der Waals surface area (Å²) in [6, 6.07) is 5.97. The van der Waals surface area contributed by atoms with Crippen molar-refractivity contribution >= 4 is 5.91 Å². The van der Waals surface area contributed by atoms with E-state index in [1.54, 1.807) is 0 Å². The Bertz CT molecular complexity index is 1390. The summed E-state index contributed by atoms with van der Waals surface area (Å²) in [5.74, 6) is -5.19. The summed E-state index contributed by atoms with van der Waals surface area (Å²) >= 11 is 0. The summed E-state index contributed by atoms with van der Waals surface area (Å²) in [6.45, 7) is 0.267. The summed E-state index contributed by atoms with van der Waals surface area (Å²) in [5.41, 5.74) is -2.55. The van der Waals surface area contributed by atoms with Crippen LogP contribution in [0.4, 0.5) is 22.0 Å². The quantitative estimate of drug-likeness (QED) is 0.557. The largest absolute Gasteiger partial charge is 0.502 e. The van der Waals surface area contributed by atoms with E-state index < -0.39 is 64.2 Å². The average Bonchev–Trinajstić information content (AvgIpc) is 3.31. The van der Waals surface area contributed by atoms with Gasteiger partial charge in [-0.1, -0.05) is 30.3 Å². The molecule has 182 valence electrons. The Hall–Kier alpha value is -3.76. The van der Waals surface area contributed by atoms with Crippen molar-refractivity contribution in [2.24, 2.45) is 0 Å². The van der Waals surface area contributed by atoms with E-state index in [1.165, 1.54) is 29.2 Å². The molecule has 0 radical (unpaired) electrons. The van der Waals surface area contributed by atoms with Gasteiger partial charge in [-0.25, -0.2) is 8.78 Å².